The largest absolute Gasteiger partial charge is 0.496 e. The van der Waals surface area contributed by atoms with Crippen LogP contribution < -0.4 is 16.0 Å². The number of aliphatic hydroxyl groups excluding tert-OH is 1. The van der Waals surface area contributed by atoms with Crippen LogP contribution in [0.3, 0.4) is 0 Å². The molecule has 2 amide bonds. The average Bonchev–Trinajstić information content (AvgIpc) is 3.88. The lowest BCUT2D eigenvalue weighted by Crippen LogP contribution is -2.52. The molecular weight excluding hydrogens is 562 g/mol. The van der Waals surface area contributed by atoms with Crippen molar-refractivity contribution >= 4 is 11.8 Å². The van der Waals surface area contributed by atoms with E-state index in [4.69, 9.17) is 18.9 Å². The van der Waals surface area contributed by atoms with Gasteiger partial charge < -0.3 is 34.7 Å². The van der Waals surface area contributed by atoms with E-state index in [1.807, 2.05) is 72.0 Å². The fraction of sp³-hybridized carbons (Fsp3) is 0.588. The van der Waals surface area contributed by atoms with Crippen LogP contribution in [0.15, 0.2) is 72.2 Å². The molecule has 2 heterocycles. The molecule has 4 unspecified atom stereocenters. The number of carbonyl (C=O) groups excluding carboxylic acids is 2. The maximum atomic E-state index is 13.0. The Labute approximate surface area is 262 Å². The minimum atomic E-state index is -1.05. The summed E-state index contributed by atoms with van der Waals surface area (Å²) in [7, 11) is 3.35. The number of nitrogens with one attached hydrogen (secondary N) is 3. The summed E-state index contributed by atoms with van der Waals surface area (Å²) in [5.41, 5.74) is 0.0860. The van der Waals surface area contributed by atoms with Crippen LogP contribution in [0.5, 0.6) is 0 Å². The zero-order valence-corrected chi connectivity index (χ0v) is 27.3. The molecule has 0 spiro atoms. The number of epoxide rings is 1. The molecule has 244 valence electrons. The lowest BCUT2D eigenvalue weighted by atomic mass is 9.86. The van der Waals surface area contributed by atoms with Crippen molar-refractivity contribution in [3.8, 4) is 0 Å². The number of carbonyl (C=O) groups is 2. The van der Waals surface area contributed by atoms with Crippen molar-refractivity contribution < 1.29 is 33.6 Å². The Morgan fingerprint density at radius 1 is 1.20 bits per heavy atom. The van der Waals surface area contributed by atoms with Gasteiger partial charge in [-0.2, -0.15) is 0 Å². The van der Waals surface area contributed by atoms with E-state index in [0.29, 0.717) is 12.2 Å². The summed E-state index contributed by atoms with van der Waals surface area (Å²) in [6, 6.07) is -0.744. The van der Waals surface area contributed by atoms with Crippen molar-refractivity contribution in [2.75, 3.05) is 14.2 Å². The van der Waals surface area contributed by atoms with Crippen LogP contribution in [0.25, 0.3) is 0 Å². The molecule has 1 saturated carbocycles. The highest BCUT2D eigenvalue weighted by Crippen LogP contribution is 2.57. The van der Waals surface area contributed by atoms with Crippen molar-refractivity contribution in [2.45, 2.75) is 97.4 Å². The lowest BCUT2D eigenvalue weighted by molar-refractivity contribution is -0.165. The van der Waals surface area contributed by atoms with Gasteiger partial charge in [-0.3, -0.25) is 14.9 Å². The summed E-state index contributed by atoms with van der Waals surface area (Å²) >= 11 is 0. The summed E-state index contributed by atoms with van der Waals surface area (Å²) < 4.78 is 22.5. The molecule has 3 aliphatic rings. The molecule has 0 aromatic rings. The van der Waals surface area contributed by atoms with Gasteiger partial charge >= 0.3 is 0 Å². The van der Waals surface area contributed by atoms with E-state index in [-0.39, 0.29) is 42.3 Å². The minimum Gasteiger partial charge on any atom is -0.496 e. The molecule has 2 fully saturated rings. The maximum absolute atomic E-state index is 13.0. The molecule has 0 aromatic heterocycles. The van der Waals surface area contributed by atoms with Crippen LogP contribution in [0.2, 0.25) is 0 Å². The minimum absolute atomic E-state index is 0.0811. The van der Waals surface area contributed by atoms with Gasteiger partial charge in [-0.05, 0) is 57.8 Å². The third kappa shape index (κ3) is 10.0. The van der Waals surface area contributed by atoms with Crippen LogP contribution in [-0.4, -0.2) is 67.6 Å². The van der Waals surface area contributed by atoms with Gasteiger partial charge in [0.1, 0.15) is 11.8 Å². The molecular formula is C34H51N3O7. The number of ether oxygens (including phenoxy) is 4. The first-order valence-corrected chi connectivity index (χ1v) is 15.3. The second kappa shape index (κ2) is 15.8. The van der Waals surface area contributed by atoms with Crippen molar-refractivity contribution in [1.82, 2.24) is 16.0 Å². The zero-order valence-electron chi connectivity index (χ0n) is 27.3. The fourth-order valence-corrected chi connectivity index (χ4v) is 5.31. The number of aliphatic hydroxyl groups is 1. The molecule has 0 aromatic carbocycles. The number of fused-ring (bicyclic) bond motifs is 1. The number of allylic oxidation sites excluding steroid dienone is 5. The van der Waals surface area contributed by atoms with Gasteiger partial charge in [-0.15, -0.1) is 0 Å². The zero-order chi connectivity index (χ0) is 32.5. The first kappa shape index (κ1) is 35.5. The Bertz CT molecular complexity index is 1180. The van der Waals surface area contributed by atoms with Crippen molar-refractivity contribution in [3.05, 3.63) is 72.2 Å². The third-order valence-electron chi connectivity index (χ3n) is 8.04. The van der Waals surface area contributed by atoms with E-state index in [0.717, 1.165) is 18.4 Å². The number of rotatable bonds is 16. The van der Waals surface area contributed by atoms with Crippen LogP contribution in [-0.2, 0) is 28.5 Å². The molecule has 0 bridgehead atoms. The summed E-state index contributed by atoms with van der Waals surface area (Å²) in [6.07, 6.45) is 19.0. The molecule has 8 atom stereocenters. The van der Waals surface area contributed by atoms with Gasteiger partial charge in [0.05, 0.1) is 18.8 Å². The van der Waals surface area contributed by atoms with Crippen LogP contribution in [0.4, 0.5) is 0 Å². The van der Waals surface area contributed by atoms with Gasteiger partial charge in [-0.25, -0.2) is 0 Å². The third-order valence-corrected chi connectivity index (χ3v) is 8.04. The van der Waals surface area contributed by atoms with E-state index in [9.17, 15) is 14.7 Å². The number of likely N-dealkylation sites (N-methyl/N-ethyl adjacent to an activating group) is 1. The first-order valence-electron chi connectivity index (χ1n) is 15.3. The highest BCUT2D eigenvalue weighted by atomic mass is 16.8. The Kier molecular flexibility index (Phi) is 12.7. The Morgan fingerprint density at radius 2 is 1.91 bits per heavy atom. The van der Waals surface area contributed by atoms with E-state index >= 15 is 0 Å². The molecule has 3 rings (SSSR count). The summed E-state index contributed by atoms with van der Waals surface area (Å²) in [5.74, 6) is 0.101. The summed E-state index contributed by atoms with van der Waals surface area (Å²) in [4.78, 5) is 25.7. The second-order valence-corrected chi connectivity index (χ2v) is 12.7. The Morgan fingerprint density at radius 3 is 2.55 bits per heavy atom. The molecule has 10 heteroatoms. The average molecular weight is 614 g/mol. The molecule has 0 radical (unpaired) electrons. The van der Waals surface area contributed by atoms with Gasteiger partial charge in [0.15, 0.2) is 12.5 Å². The van der Waals surface area contributed by atoms with E-state index in [1.165, 1.54) is 13.2 Å². The van der Waals surface area contributed by atoms with Crippen molar-refractivity contribution in [1.29, 1.82) is 0 Å². The van der Waals surface area contributed by atoms with Gasteiger partial charge in [0.2, 0.25) is 18.1 Å². The van der Waals surface area contributed by atoms with Gasteiger partial charge in [-0.1, -0.05) is 75.8 Å². The van der Waals surface area contributed by atoms with Crippen LogP contribution in [0, 0.1) is 17.3 Å². The predicted molar refractivity (Wildman–Crippen MR) is 170 cm³/mol. The molecule has 4 N–H and O–H groups in total. The van der Waals surface area contributed by atoms with Gasteiger partial charge in [0, 0.05) is 17.9 Å². The number of hydrogen-bond acceptors (Lipinski definition) is 8. The van der Waals surface area contributed by atoms with Crippen molar-refractivity contribution in [2.24, 2.45) is 17.3 Å². The SMILES string of the molecule is C/C=C\C[C@@H](C/C=C\NC(=O)[C@@H](NC(=O)\C=C/C=C\C(C)=C\[C@H](C)C12CC1C=C(OC)[C@H](O)O2)C(C)(C)C)OC1OC1NC. The molecule has 1 saturated heterocycles. The smallest absolute Gasteiger partial charge is 0.247 e. The Hall–Kier alpha value is -3.02. The van der Waals surface area contributed by atoms with Gasteiger partial charge in [0.25, 0.3) is 0 Å². The number of amides is 2. The fourth-order valence-electron chi connectivity index (χ4n) is 5.31. The molecule has 1 aliphatic carbocycles. The normalized spacial score (nSPS) is 29.0. The lowest BCUT2D eigenvalue weighted by Gasteiger charge is -2.30. The van der Waals surface area contributed by atoms with E-state index in [1.54, 1.807) is 18.4 Å². The molecule has 2 aliphatic heterocycles. The second-order valence-electron chi connectivity index (χ2n) is 12.7. The number of methoxy groups -OCH3 is 1. The molecule has 10 nitrogen and oxygen atoms in total. The predicted octanol–water partition coefficient (Wildman–Crippen LogP) is 4.12. The van der Waals surface area contributed by atoms with Crippen LogP contribution in [0.1, 0.15) is 60.8 Å². The quantitative estimate of drug-likeness (QED) is 0.0885. The molecule has 44 heavy (non-hydrogen) atoms. The maximum Gasteiger partial charge on any atom is 0.247 e. The monoisotopic (exact) mass is 613 g/mol. The van der Waals surface area contributed by atoms with E-state index < -0.39 is 23.3 Å². The van der Waals surface area contributed by atoms with Crippen molar-refractivity contribution in [3.63, 3.8) is 0 Å². The Balaban J connectivity index is 1.48. The highest BCUT2D eigenvalue weighted by Gasteiger charge is 2.61. The topological polar surface area (TPSA) is 131 Å². The summed E-state index contributed by atoms with van der Waals surface area (Å²) in [5, 5.41) is 18.8. The van der Waals surface area contributed by atoms with Crippen LogP contribution >= 0.6 is 0 Å². The highest BCUT2D eigenvalue weighted by molar-refractivity contribution is 5.93. The standard InChI is InChI=1S/C34H51N3O7/c1-9-10-15-25(42-32-30(35-7)43-32)16-13-18-36-29(39)28(33(4,5)6)37-27(38)17-12-11-14-22(2)19-23(3)34-21-24(34)20-26(41-8)31(40)44-34/h9-14,17-20,23-25,28,30-32,35,40H,15-16,21H2,1-8H3,(H,36,39)(H,37,38)/b10-9-,14-11-,17-12-,18-13-,22-19+/t23-,24?,25-,28+,30?,31+,32?,34?/m0/s1. The number of hydrogen-bond donors (Lipinski definition) is 4. The first-order chi connectivity index (χ1) is 20.8. The van der Waals surface area contributed by atoms with E-state index in [2.05, 4.69) is 29.0 Å². The summed E-state index contributed by atoms with van der Waals surface area (Å²) in [6.45, 7) is 11.7.